The molecule has 32 heavy (non-hydrogen) atoms. The van der Waals surface area contributed by atoms with Crippen LogP contribution in [0.25, 0.3) is 16.8 Å². The van der Waals surface area contributed by atoms with Gasteiger partial charge in [0.2, 0.25) is 5.69 Å². The van der Waals surface area contributed by atoms with Gasteiger partial charge < -0.3 is 0 Å². The summed E-state index contributed by atoms with van der Waals surface area (Å²) in [7, 11) is 0. The molecule has 0 amide bonds. The molecule has 0 saturated heterocycles. The van der Waals surface area contributed by atoms with Crippen molar-refractivity contribution in [2.45, 2.75) is 0 Å². The second-order valence-electron chi connectivity index (χ2n) is 6.92. The Bertz CT molecular complexity index is 1340. The fourth-order valence-electron chi connectivity index (χ4n) is 3.43. The highest BCUT2D eigenvalue weighted by atomic mass is 16.6. The number of rotatable bonds is 6. The van der Waals surface area contributed by atoms with Crippen LogP contribution in [-0.2, 0) is 0 Å². The number of nitro groups is 2. The Hall–Kier alpha value is -4.72. The molecule has 156 valence electrons. The molecule has 4 rings (SSSR count). The molecule has 0 unspecified atom stereocenters. The predicted octanol–water partition coefficient (Wildman–Crippen LogP) is 4.68. The Morgan fingerprint density at radius 3 is 1.97 bits per heavy atom. The minimum absolute atomic E-state index is 0.114. The first-order valence-electron chi connectivity index (χ1n) is 9.59. The molecule has 0 aliphatic rings. The number of aromatic nitrogens is 1. The van der Waals surface area contributed by atoms with Crippen molar-refractivity contribution >= 4 is 17.2 Å². The molecule has 1 aromatic heterocycles. The Morgan fingerprint density at radius 2 is 1.31 bits per heavy atom. The third-order valence-corrected chi connectivity index (χ3v) is 4.99. The third-order valence-electron chi connectivity index (χ3n) is 4.99. The number of nitro benzene ring substituents is 2. The number of non-ortho nitro benzene ring substituents is 1. The maximum atomic E-state index is 12.6. The highest BCUT2D eigenvalue weighted by molar-refractivity contribution is 6.08. The van der Waals surface area contributed by atoms with Crippen molar-refractivity contribution in [3.05, 3.63) is 129 Å². The van der Waals surface area contributed by atoms with Gasteiger partial charge in [0.15, 0.2) is 18.2 Å². The van der Waals surface area contributed by atoms with Crippen molar-refractivity contribution in [3.8, 4) is 16.8 Å². The molecule has 1 heterocycles. The first-order chi connectivity index (χ1) is 15.5. The second-order valence-corrected chi connectivity index (χ2v) is 6.92. The van der Waals surface area contributed by atoms with Gasteiger partial charge in [0.05, 0.1) is 27.0 Å². The number of hydrogen-bond acceptors (Lipinski definition) is 5. The van der Waals surface area contributed by atoms with Crippen LogP contribution in [0.3, 0.4) is 0 Å². The number of ketones is 1. The SMILES string of the molecule is O=C(c1ccccc1)c1cc[n+](-c2ccccc2-c2ccc([N+](=O)[O-])cc2[N+](=O)[O-])cc1. The average Bonchev–Trinajstić information content (AvgIpc) is 2.84. The van der Waals surface area contributed by atoms with Crippen LogP contribution in [0.1, 0.15) is 15.9 Å². The van der Waals surface area contributed by atoms with E-state index in [1.165, 1.54) is 12.1 Å². The molecular formula is C24H16N3O5+. The minimum atomic E-state index is -0.667. The van der Waals surface area contributed by atoms with Crippen LogP contribution in [0.15, 0.2) is 97.3 Å². The van der Waals surface area contributed by atoms with Crippen LogP contribution in [0.2, 0.25) is 0 Å². The van der Waals surface area contributed by atoms with Crippen LogP contribution in [0.5, 0.6) is 0 Å². The molecule has 0 spiro atoms. The summed E-state index contributed by atoms with van der Waals surface area (Å²) in [4.78, 5) is 34.0. The lowest BCUT2D eigenvalue weighted by Crippen LogP contribution is -2.30. The maximum absolute atomic E-state index is 12.6. The van der Waals surface area contributed by atoms with Crippen LogP contribution in [-0.4, -0.2) is 15.6 Å². The quantitative estimate of drug-likeness (QED) is 0.193. The van der Waals surface area contributed by atoms with Crippen molar-refractivity contribution in [2.75, 3.05) is 0 Å². The van der Waals surface area contributed by atoms with Gasteiger partial charge in [0, 0.05) is 35.4 Å². The van der Waals surface area contributed by atoms with Crippen molar-refractivity contribution in [2.24, 2.45) is 0 Å². The summed E-state index contributed by atoms with van der Waals surface area (Å²) in [6.07, 6.45) is 3.40. The van der Waals surface area contributed by atoms with Gasteiger partial charge in [-0.05, 0) is 12.1 Å². The molecule has 8 nitrogen and oxygen atoms in total. The van der Waals surface area contributed by atoms with Gasteiger partial charge in [0.25, 0.3) is 11.4 Å². The molecule has 0 saturated carbocycles. The summed E-state index contributed by atoms with van der Waals surface area (Å²) < 4.78 is 1.74. The van der Waals surface area contributed by atoms with Gasteiger partial charge >= 0.3 is 0 Å². The third kappa shape index (κ3) is 3.97. The van der Waals surface area contributed by atoms with Crippen molar-refractivity contribution in [3.63, 3.8) is 0 Å². The molecular weight excluding hydrogens is 410 g/mol. The predicted molar refractivity (Wildman–Crippen MR) is 117 cm³/mol. The summed E-state index contributed by atoms with van der Waals surface area (Å²) in [5.74, 6) is -0.114. The molecule has 8 heteroatoms. The molecule has 4 aromatic rings. The van der Waals surface area contributed by atoms with Gasteiger partial charge in [-0.1, -0.05) is 42.5 Å². The van der Waals surface area contributed by atoms with E-state index in [0.29, 0.717) is 22.4 Å². The summed E-state index contributed by atoms with van der Waals surface area (Å²) in [6, 6.07) is 22.8. The Labute approximate surface area is 182 Å². The van der Waals surface area contributed by atoms with E-state index in [2.05, 4.69) is 0 Å². The molecule has 0 N–H and O–H groups in total. The Morgan fingerprint density at radius 1 is 0.688 bits per heavy atom. The number of carbonyl (C=O) groups excluding carboxylic acids is 1. The monoisotopic (exact) mass is 426 g/mol. The van der Waals surface area contributed by atoms with E-state index in [0.717, 1.165) is 6.07 Å². The first kappa shape index (κ1) is 20.5. The minimum Gasteiger partial charge on any atom is -0.289 e. The van der Waals surface area contributed by atoms with Crippen molar-refractivity contribution < 1.29 is 19.2 Å². The second kappa shape index (κ2) is 8.57. The Kier molecular flexibility index (Phi) is 5.50. The van der Waals surface area contributed by atoms with E-state index < -0.39 is 9.85 Å². The van der Waals surface area contributed by atoms with Gasteiger partial charge in [-0.3, -0.25) is 25.0 Å². The van der Waals surface area contributed by atoms with Crippen LogP contribution >= 0.6 is 0 Å². The van der Waals surface area contributed by atoms with Crippen LogP contribution in [0.4, 0.5) is 11.4 Å². The number of nitrogens with zero attached hydrogens (tertiary/aromatic N) is 3. The van der Waals surface area contributed by atoms with E-state index in [9.17, 15) is 25.0 Å². The zero-order valence-corrected chi connectivity index (χ0v) is 16.6. The Balaban J connectivity index is 1.76. The number of hydrogen-bond donors (Lipinski definition) is 0. The van der Waals surface area contributed by atoms with Crippen molar-refractivity contribution in [1.29, 1.82) is 0 Å². The molecule has 3 aromatic carbocycles. The number of carbonyl (C=O) groups is 1. The number of pyridine rings is 1. The summed E-state index contributed by atoms with van der Waals surface area (Å²) in [6.45, 7) is 0. The standard InChI is InChI=1S/C24H16N3O5/c28-24(17-6-2-1-3-7-17)18-12-14-25(15-13-18)22-9-5-4-8-20(22)21-11-10-19(26(29)30)16-23(21)27(31)32/h1-16H/q+1. The molecule has 0 radical (unpaired) electrons. The van der Waals surface area contributed by atoms with Crippen molar-refractivity contribution in [1.82, 2.24) is 0 Å². The van der Waals surface area contributed by atoms with Gasteiger partial charge in [-0.2, -0.15) is 4.57 Å². The average molecular weight is 426 g/mol. The van der Waals surface area contributed by atoms with Crippen LogP contribution in [0, 0.1) is 20.2 Å². The summed E-state index contributed by atoms with van der Waals surface area (Å²) >= 11 is 0. The first-order valence-corrected chi connectivity index (χ1v) is 9.59. The molecule has 0 atom stereocenters. The molecule has 0 fully saturated rings. The smallest absolute Gasteiger partial charge is 0.284 e. The largest absolute Gasteiger partial charge is 0.289 e. The van der Waals surface area contributed by atoms with Gasteiger partial charge in [0.1, 0.15) is 0 Å². The maximum Gasteiger partial charge on any atom is 0.284 e. The van der Waals surface area contributed by atoms with E-state index in [1.54, 1.807) is 77.6 Å². The summed E-state index contributed by atoms with van der Waals surface area (Å²) in [5, 5.41) is 22.7. The fraction of sp³-hybridized carbons (Fsp3) is 0. The zero-order chi connectivity index (χ0) is 22.7. The van der Waals surface area contributed by atoms with Crippen LogP contribution < -0.4 is 4.57 Å². The molecule has 0 aliphatic carbocycles. The zero-order valence-electron chi connectivity index (χ0n) is 16.6. The highest BCUT2D eigenvalue weighted by Gasteiger charge is 2.25. The lowest BCUT2D eigenvalue weighted by atomic mass is 10.0. The lowest BCUT2D eigenvalue weighted by molar-refractivity contribution is -0.595. The number of para-hydroxylation sites is 1. The lowest BCUT2D eigenvalue weighted by Gasteiger charge is -2.07. The normalized spacial score (nSPS) is 10.5. The molecule has 0 bridgehead atoms. The topological polar surface area (TPSA) is 107 Å². The number of benzene rings is 3. The van der Waals surface area contributed by atoms with E-state index >= 15 is 0 Å². The van der Waals surface area contributed by atoms with Gasteiger partial charge in [-0.15, -0.1) is 0 Å². The van der Waals surface area contributed by atoms with E-state index in [-0.39, 0.29) is 22.7 Å². The summed E-state index contributed by atoms with van der Waals surface area (Å²) in [5.41, 5.74) is 1.79. The van der Waals surface area contributed by atoms with E-state index in [4.69, 9.17) is 0 Å². The van der Waals surface area contributed by atoms with E-state index in [1.807, 2.05) is 6.07 Å². The fourth-order valence-corrected chi connectivity index (χ4v) is 3.43. The van der Waals surface area contributed by atoms with Gasteiger partial charge in [-0.25, -0.2) is 0 Å². The highest BCUT2D eigenvalue weighted by Crippen LogP contribution is 2.35. The molecule has 0 aliphatic heterocycles.